The zero-order valence-electron chi connectivity index (χ0n) is 65.2. The first-order chi connectivity index (χ1) is 56.3. The van der Waals surface area contributed by atoms with Crippen LogP contribution in [0.4, 0.5) is 24.5 Å². The zero-order valence-corrected chi connectivity index (χ0v) is 69.8. The van der Waals surface area contributed by atoms with Gasteiger partial charge in [-0.25, -0.2) is 39.9 Å². The summed E-state index contributed by atoms with van der Waals surface area (Å²) in [5, 5.41) is 19.0. The maximum absolute atomic E-state index is 12.5. The lowest BCUT2D eigenvalue weighted by molar-refractivity contribution is -0.383. The lowest BCUT2D eigenvalue weighted by Gasteiger charge is -2.17. The molecule has 9 aromatic heterocycles. The largest absolute Gasteiger partial charge is 0.573 e. The molecule has 622 valence electrons. The molecule has 0 bridgehead atoms. The number of nitrogens with zero attached hydrogens (tertiary/aromatic N) is 13. The van der Waals surface area contributed by atoms with E-state index in [1.165, 1.54) is 49.2 Å². The summed E-state index contributed by atoms with van der Waals surface area (Å²) in [5.74, 6) is 6.66. The number of carbonyl (C=O) groups excluding carboxylic acids is 1. The summed E-state index contributed by atoms with van der Waals surface area (Å²) >= 11 is 17.5. The van der Waals surface area contributed by atoms with Crippen LogP contribution in [-0.2, 0) is 9.47 Å². The summed E-state index contributed by atoms with van der Waals surface area (Å²) in [7, 11) is 10.7. The van der Waals surface area contributed by atoms with Gasteiger partial charge < -0.3 is 73.1 Å². The number of nitrogens with one attached hydrogen (secondary N) is 2. The number of imidazole rings is 2. The number of aryl methyl sites for hydroxylation is 2. The first-order valence-electron chi connectivity index (χ1n) is 35.8. The topological polar surface area (TPSA) is 356 Å². The van der Waals surface area contributed by atoms with Crippen LogP contribution < -0.4 is 43.6 Å². The first-order valence-corrected chi connectivity index (χ1v) is 38.4. The number of fused-ring (bicyclic) bond motifs is 2. The maximum Gasteiger partial charge on any atom is 0.573 e. The molecule has 0 saturated carbocycles. The second kappa shape index (κ2) is 49.7. The fourth-order valence-corrected chi connectivity index (χ4v) is 10.7. The van der Waals surface area contributed by atoms with Crippen molar-refractivity contribution in [3.63, 3.8) is 0 Å². The molecule has 0 amide bonds. The van der Waals surface area contributed by atoms with Crippen molar-refractivity contribution in [2.24, 2.45) is 0 Å². The molecule has 1 aliphatic heterocycles. The standard InChI is InChI=1S/C31H28F3N7O3.C17H21N3O4.C8H8BrNO2.C7H8N2O2.C6H6BrNO.C6H7NO2.C5H11Cl2N/c1-19-3-7-23-27(15-19)39-29(37-23)25-9-5-21(17-35-25)42-13-11-41(2)12-14-43-22-6-10-26(36-18-22)30-38-24-8-4-20(16-28(24)40-30)44-31(32,33)34;1-20(7-9-23-15-4-3-14(13-21)18-11-15)8-10-24-16-5-6-17(22-2)19-12-16;9-6-1-2-7(10-5-6)8-11-3-4-12-8;1-5-2-3-7(9(10)11)6(8)4-5;1-9-6-3-2-5(7)4-8-6;1-9-6-3-2-5(8)4-7-6;1-8(4-2-6)5-3-7/h3-10,15-18H,11-14H2,1-2H3,(H,37,39)(H,38,40);3-6,11-13H,7-10H2,1-2H3;1-2,5,8H,3-4H2;2-4H,8H2,1H3;2-4H,1H3;2-4,8H,1H3;2-5H2,1H3. The summed E-state index contributed by atoms with van der Waals surface area (Å²) in [6.45, 7) is 11.9. The summed E-state index contributed by atoms with van der Waals surface area (Å²) in [5.41, 5.74) is 12.9. The second-order valence-corrected chi connectivity index (χ2v) is 27.4. The number of H-pyrrole nitrogens is 2. The van der Waals surface area contributed by atoms with Gasteiger partial charge in [0.25, 0.3) is 5.69 Å². The third-order valence-corrected chi connectivity index (χ3v) is 17.1. The third kappa shape index (κ3) is 34.3. The van der Waals surface area contributed by atoms with Gasteiger partial charge >= 0.3 is 6.36 Å². The average molecular weight is 1790 g/mol. The van der Waals surface area contributed by atoms with Crippen LogP contribution >= 0.6 is 55.1 Å². The number of hydrogen-bond donors (Lipinski definition) is 4. The minimum absolute atomic E-state index is 0.0319. The molecule has 0 radical (unpaired) electrons. The minimum Gasteiger partial charge on any atom is -0.506 e. The molecule has 5 N–H and O–H groups in total. The molecule has 0 unspecified atom stereocenters. The van der Waals surface area contributed by atoms with E-state index in [-0.39, 0.29) is 29.2 Å². The number of halogens is 7. The number of pyridine rings is 7. The number of aldehydes is 1. The molecular weight excluding hydrogens is 1700 g/mol. The molecule has 0 atom stereocenters. The van der Waals surface area contributed by atoms with Crippen molar-refractivity contribution in [2.45, 2.75) is 26.5 Å². The molecule has 13 rings (SSSR count). The van der Waals surface area contributed by atoms with Crippen LogP contribution in [0, 0.1) is 24.0 Å². The van der Waals surface area contributed by atoms with Gasteiger partial charge in [0.1, 0.15) is 83.7 Å². The number of methoxy groups -OCH3 is 3. The molecule has 30 nitrogen and oxygen atoms in total. The molecular formula is C80H89Br2Cl2F3N16O14. The van der Waals surface area contributed by atoms with E-state index in [0.717, 1.165) is 63.1 Å². The first kappa shape index (κ1) is 93.0. The summed E-state index contributed by atoms with van der Waals surface area (Å²) < 4.78 is 91.4. The van der Waals surface area contributed by atoms with Gasteiger partial charge in [-0.15, -0.1) is 36.4 Å². The Morgan fingerprint density at radius 1 is 0.547 bits per heavy atom. The normalized spacial score (nSPS) is 11.5. The molecule has 117 heavy (non-hydrogen) atoms. The molecule has 3 aromatic carbocycles. The predicted molar refractivity (Wildman–Crippen MR) is 446 cm³/mol. The van der Waals surface area contributed by atoms with Gasteiger partial charge in [0, 0.05) is 103 Å². The number of hydrogen-bond acceptors (Lipinski definition) is 27. The Morgan fingerprint density at radius 2 is 0.974 bits per heavy atom. The van der Waals surface area contributed by atoms with Crippen LogP contribution in [0.25, 0.3) is 45.1 Å². The number of alkyl halides is 5. The number of nitrogens with two attached hydrogens (primary N) is 1. The molecule has 0 aliphatic carbocycles. The van der Waals surface area contributed by atoms with Gasteiger partial charge in [-0.3, -0.25) is 29.7 Å². The Morgan fingerprint density at radius 3 is 1.38 bits per heavy atom. The number of aromatic hydroxyl groups is 1. The fraction of sp³-hybridized carbons (Fsp3) is 0.300. The van der Waals surface area contributed by atoms with Crippen molar-refractivity contribution in [3.8, 4) is 75.2 Å². The number of aromatic amines is 2. The van der Waals surface area contributed by atoms with Crippen molar-refractivity contribution in [1.82, 2.24) is 69.5 Å². The average Bonchev–Trinajstić information content (AvgIpc) is 1.67. The second-order valence-electron chi connectivity index (χ2n) is 24.8. The SMILES string of the molecule is Brc1ccc(C2OCCO2)nc1.CN(CCCl)CCCl.COc1ccc(Br)cn1.COc1ccc(O)cn1.COc1ccc(OCCN(C)CCOc2ccc(C=O)nc2)cn1.Cc1ccc([N+](=O)[O-])c(N)c1.Cc1ccc2nc(-c3ccc(OCCN(C)CCOc4ccc(-c5nc6ccc(OC(F)(F)F)cc6[nH]5)nc4)cn3)[nH]c2c1. The molecule has 12 aromatic rings. The maximum atomic E-state index is 12.5. The van der Waals surface area contributed by atoms with Crippen LogP contribution in [0.1, 0.15) is 33.6 Å². The van der Waals surface area contributed by atoms with Crippen LogP contribution in [0.5, 0.6) is 52.1 Å². The summed E-state index contributed by atoms with van der Waals surface area (Å²) in [6.07, 6.45) is 6.89. The Kier molecular flexibility index (Phi) is 39.5. The number of benzene rings is 3. The van der Waals surface area contributed by atoms with Crippen molar-refractivity contribution < 1.29 is 75.4 Å². The van der Waals surface area contributed by atoms with Gasteiger partial charge in [-0.1, -0.05) is 12.1 Å². The smallest absolute Gasteiger partial charge is 0.506 e. The number of nitro benzene ring substituents is 1. The molecule has 1 fully saturated rings. The number of carbonyl (C=O) groups is 1. The lowest BCUT2D eigenvalue weighted by atomic mass is 10.2. The zero-order chi connectivity index (χ0) is 84.5. The number of ether oxygens (including phenoxy) is 10. The third-order valence-electron chi connectivity index (χ3n) is 15.8. The van der Waals surface area contributed by atoms with E-state index in [2.05, 4.69) is 112 Å². The number of rotatable bonds is 29. The molecule has 10 heterocycles. The highest BCUT2D eigenvalue weighted by molar-refractivity contribution is 9.10. The Hall–Kier alpha value is -11.2. The number of aromatic nitrogens is 11. The highest BCUT2D eigenvalue weighted by Crippen LogP contribution is 2.30. The molecule has 0 spiro atoms. The van der Waals surface area contributed by atoms with E-state index < -0.39 is 11.3 Å². The lowest BCUT2D eigenvalue weighted by Crippen LogP contribution is -2.28. The molecule has 1 aliphatic rings. The minimum atomic E-state index is -4.77. The van der Waals surface area contributed by atoms with E-state index in [9.17, 15) is 28.1 Å². The van der Waals surface area contributed by atoms with Gasteiger partial charge in [0.05, 0.1) is 98.2 Å². The Balaban J connectivity index is 0.000000215. The van der Waals surface area contributed by atoms with Crippen LogP contribution in [0.15, 0.2) is 192 Å². The van der Waals surface area contributed by atoms with E-state index in [4.69, 9.17) is 76.7 Å². The molecule has 1 saturated heterocycles. The van der Waals surface area contributed by atoms with E-state index in [0.29, 0.717) is 145 Å². The van der Waals surface area contributed by atoms with Crippen LogP contribution in [0.3, 0.4) is 0 Å². The van der Waals surface area contributed by atoms with Crippen molar-refractivity contribution in [2.75, 3.05) is 139 Å². The van der Waals surface area contributed by atoms with Gasteiger partial charge in [0.15, 0.2) is 17.9 Å². The van der Waals surface area contributed by atoms with Gasteiger partial charge in [-0.05, 0) is 175 Å². The number of likely N-dealkylation sites (N-methyl/N-ethyl adjacent to an activating group) is 2. The van der Waals surface area contributed by atoms with Gasteiger partial charge in [0.2, 0.25) is 23.9 Å². The van der Waals surface area contributed by atoms with Gasteiger partial charge in [-0.2, -0.15) is 0 Å². The fourth-order valence-electron chi connectivity index (χ4n) is 9.66. The van der Waals surface area contributed by atoms with Crippen molar-refractivity contribution in [1.29, 1.82) is 0 Å². The van der Waals surface area contributed by atoms with Crippen molar-refractivity contribution in [3.05, 3.63) is 224 Å². The number of nitro groups is 1. The quantitative estimate of drug-likeness (QED) is 0.0111. The molecule has 37 heteroatoms. The highest BCUT2D eigenvalue weighted by Gasteiger charge is 2.31. The Bertz CT molecular complexity index is 4840. The Labute approximate surface area is 700 Å². The number of nitrogen functional groups attached to an aromatic ring is 1. The van der Waals surface area contributed by atoms with Crippen LogP contribution in [0.2, 0.25) is 0 Å². The highest BCUT2D eigenvalue weighted by atomic mass is 79.9. The van der Waals surface area contributed by atoms with E-state index >= 15 is 0 Å². The summed E-state index contributed by atoms with van der Waals surface area (Å²) in [6, 6.07) is 39.4. The van der Waals surface area contributed by atoms with E-state index in [1.54, 1.807) is 106 Å². The van der Waals surface area contributed by atoms with Crippen molar-refractivity contribution >= 4 is 94.8 Å². The predicted octanol–water partition coefficient (Wildman–Crippen LogP) is 15.3. The summed E-state index contributed by atoms with van der Waals surface area (Å²) in [4.78, 5) is 70.6. The van der Waals surface area contributed by atoms with Crippen LogP contribution in [-0.4, -0.2) is 225 Å². The number of anilines is 1. The monoisotopic (exact) mass is 1780 g/mol. The van der Waals surface area contributed by atoms with E-state index in [1.807, 2.05) is 83.5 Å².